The quantitative estimate of drug-likeness (QED) is 0.565. The molecule has 4 rings (SSSR count). The van der Waals surface area contributed by atoms with E-state index in [2.05, 4.69) is 50.9 Å². The van der Waals surface area contributed by atoms with Crippen molar-refractivity contribution >= 4 is 5.96 Å². The maximum absolute atomic E-state index is 13.9. The monoisotopic (exact) mass is 410 g/mol. The van der Waals surface area contributed by atoms with Crippen LogP contribution in [-0.4, -0.2) is 50.2 Å². The summed E-state index contributed by atoms with van der Waals surface area (Å²) in [6.07, 6.45) is 3.25. The molecule has 1 saturated heterocycles. The Morgan fingerprint density at radius 1 is 1.13 bits per heavy atom. The first-order valence-electron chi connectivity index (χ1n) is 10.8. The molecule has 2 aliphatic rings. The summed E-state index contributed by atoms with van der Waals surface area (Å²) in [4.78, 5) is 6.81. The number of hydrogen-bond acceptors (Lipinski definition) is 3. The number of aliphatic imine (C=N–C) groups is 1. The van der Waals surface area contributed by atoms with Crippen LogP contribution in [0.1, 0.15) is 36.3 Å². The molecule has 0 aromatic heterocycles. The number of nitrogens with zero attached hydrogens (tertiary/aromatic N) is 2. The molecule has 30 heavy (non-hydrogen) atoms. The van der Waals surface area contributed by atoms with E-state index in [4.69, 9.17) is 4.74 Å². The van der Waals surface area contributed by atoms with Crippen molar-refractivity contribution in [2.45, 2.75) is 43.8 Å². The SMILES string of the molecule is CN=C(NC1CCN(Cc2ccc(OC)c(F)c2)CC1)NC1CC1c1ccccc1. The zero-order valence-electron chi connectivity index (χ0n) is 17.8. The smallest absolute Gasteiger partial charge is 0.191 e. The molecule has 2 aromatic rings. The number of guanidine groups is 1. The fourth-order valence-electron chi connectivity index (χ4n) is 4.26. The van der Waals surface area contributed by atoms with Gasteiger partial charge in [0, 0.05) is 44.7 Å². The summed E-state index contributed by atoms with van der Waals surface area (Å²) >= 11 is 0. The molecule has 6 heteroatoms. The van der Waals surface area contributed by atoms with Crippen molar-refractivity contribution in [3.63, 3.8) is 0 Å². The first-order chi connectivity index (χ1) is 14.7. The first-order valence-corrected chi connectivity index (χ1v) is 10.8. The molecule has 2 fully saturated rings. The van der Waals surface area contributed by atoms with Gasteiger partial charge in [-0.25, -0.2) is 4.39 Å². The minimum absolute atomic E-state index is 0.296. The first kappa shape index (κ1) is 20.7. The van der Waals surface area contributed by atoms with Gasteiger partial charge in [-0.15, -0.1) is 0 Å². The van der Waals surface area contributed by atoms with Gasteiger partial charge in [0.25, 0.3) is 0 Å². The molecule has 0 radical (unpaired) electrons. The van der Waals surface area contributed by atoms with Gasteiger partial charge >= 0.3 is 0 Å². The lowest BCUT2D eigenvalue weighted by Gasteiger charge is -2.33. The molecule has 2 unspecified atom stereocenters. The van der Waals surface area contributed by atoms with E-state index in [9.17, 15) is 4.39 Å². The van der Waals surface area contributed by atoms with Gasteiger partial charge in [0.1, 0.15) is 0 Å². The Kier molecular flexibility index (Phi) is 6.53. The summed E-state index contributed by atoms with van der Waals surface area (Å²) in [5.41, 5.74) is 2.38. The summed E-state index contributed by atoms with van der Waals surface area (Å²) in [5.74, 6) is 1.48. The number of rotatable bonds is 6. The third kappa shape index (κ3) is 5.11. The summed E-state index contributed by atoms with van der Waals surface area (Å²) in [7, 11) is 3.33. The normalized spacial score (nSPS) is 22.6. The van der Waals surface area contributed by atoms with Gasteiger partial charge in [0.2, 0.25) is 0 Å². The molecule has 1 aliphatic heterocycles. The van der Waals surface area contributed by atoms with Crippen molar-refractivity contribution < 1.29 is 9.13 Å². The third-order valence-corrected chi connectivity index (χ3v) is 6.11. The summed E-state index contributed by atoms with van der Waals surface area (Å²) in [5, 5.41) is 7.17. The van der Waals surface area contributed by atoms with E-state index in [1.807, 2.05) is 13.1 Å². The lowest BCUT2D eigenvalue weighted by atomic mass is 10.0. The number of benzene rings is 2. The van der Waals surface area contributed by atoms with Crippen molar-refractivity contribution in [3.8, 4) is 5.75 Å². The van der Waals surface area contributed by atoms with E-state index in [-0.39, 0.29) is 5.82 Å². The zero-order valence-corrected chi connectivity index (χ0v) is 17.8. The van der Waals surface area contributed by atoms with E-state index in [1.54, 1.807) is 12.1 Å². The summed E-state index contributed by atoms with van der Waals surface area (Å²) in [6, 6.07) is 16.8. The third-order valence-electron chi connectivity index (χ3n) is 6.11. The minimum Gasteiger partial charge on any atom is -0.494 e. The Bertz CT molecular complexity index is 865. The second kappa shape index (κ2) is 9.47. The van der Waals surface area contributed by atoms with Crippen molar-refractivity contribution in [2.75, 3.05) is 27.2 Å². The fourth-order valence-corrected chi connectivity index (χ4v) is 4.26. The van der Waals surface area contributed by atoms with Gasteiger partial charge in [0.05, 0.1) is 7.11 Å². The van der Waals surface area contributed by atoms with Crippen LogP contribution in [0.4, 0.5) is 4.39 Å². The van der Waals surface area contributed by atoms with Gasteiger partial charge < -0.3 is 15.4 Å². The number of likely N-dealkylation sites (tertiary alicyclic amines) is 1. The number of hydrogen-bond donors (Lipinski definition) is 2. The van der Waals surface area contributed by atoms with Gasteiger partial charge in [0.15, 0.2) is 17.5 Å². The number of nitrogens with one attached hydrogen (secondary N) is 2. The van der Waals surface area contributed by atoms with Crippen molar-refractivity contribution in [3.05, 3.63) is 65.5 Å². The highest BCUT2D eigenvalue weighted by molar-refractivity contribution is 5.80. The van der Waals surface area contributed by atoms with Crippen LogP contribution in [0.3, 0.4) is 0 Å². The lowest BCUT2D eigenvalue weighted by molar-refractivity contribution is 0.198. The van der Waals surface area contributed by atoms with Crippen LogP contribution in [0.2, 0.25) is 0 Å². The van der Waals surface area contributed by atoms with Crippen LogP contribution in [-0.2, 0) is 6.54 Å². The molecule has 1 saturated carbocycles. The maximum atomic E-state index is 13.9. The summed E-state index contributed by atoms with van der Waals surface area (Å²) in [6.45, 7) is 2.73. The molecule has 0 amide bonds. The molecule has 0 spiro atoms. The molecule has 0 bridgehead atoms. The molecule has 1 aliphatic carbocycles. The molecule has 5 nitrogen and oxygen atoms in total. The van der Waals surface area contributed by atoms with Crippen molar-refractivity contribution in [2.24, 2.45) is 4.99 Å². The molecule has 2 N–H and O–H groups in total. The Balaban J connectivity index is 1.22. The molecular weight excluding hydrogens is 379 g/mol. The molecule has 2 atom stereocenters. The van der Waals surface area contributed by atoms with Gasteiger partial charge in [-0.1, -0.05) is 36.4 Å². The van der Waals surface area contributed by atoms with Gasteiger partial charge in [-0.05, 0) is 42.5 Å². The highest BCUT2D eigenvalue weighted by Gasteiger charge is 2.39. The number of ether oxygens (including phenoxy) is 1. The molecular formula is C24H31FN4O. The number of piperidine rings is 1. The van der Waals surface area contributed by atoms with Crippen LogP contribution in [0, 0.1) is 5.82 Å². The van der Waals surface area contributed by atoms with Crippen LogP contribution in [0.5, 0.6) is 5.75 Å². The van der Waals surface area contributed by atoms with E-state index in [1.165, 1.54) is 12.7 Å². The number of halogens is 1. The Labute approximate surface area is 178 Å². The maximum Gasteiger partial charge on any atom is 0.191 e. The average Bonchev–Trinajstić information content (AvgIpc) is 3.54. The Morgan fingerprint density at radius 3 is 2.57 bits per heavy atom. The predicted molar refractivity (Wildman–Crippen MR) is 118 cm³/mol. The van der Waals surface area contributed by atoms with Crippen molar-refractivity contribution in [1.29, 1.82) is 0 Å². The van der Waals surface area contributed by atoms with E-state index < -0.39 is 0 Å². The van der Waals surface area contributed by atoms with E-state index in [0.717, 1.165) is 50.4 Å². The molecule has 160 valence electrons. The van der Waals surface area contributed by atoms with Crippen LogP contribution < -0.4 is 15.4 Å². The lowest BCUT2D eigenvalue weighted by Crippen LogP contribution is -2.49. The largest absolute Gasteiger partial charge is 0.494 e. The second-order valence-electron chi connectivity index (χ2n) is 8.24. The Hall–Kier alpha value is -2.60. The van der Waals surface area contributed by atoms with Gasteiger partial charge in [-0.3, -0.25) is 9.89 Å². The topological polar surface area (TPSA) is 48.9 Å². The van der Waals surface area contributed by atoms with E-state index >= 15 is 0 Å². The van der Waals surface area contributed by atoms with E-state index in [0.29, 0.717) is 23.8 Å². The number of methoxy groups -OCH3 is 1. The fraction of sp³-hybridized carbons (Fsp3) is 0.458. The van der Waals surface area contributed by atoms with Crippen LogP contribution in [0.15, 0.2) is 53.5 Å². The molecule has 1 heterocycles. The Morgan fingerprint density at radius 2 is 1.90 bits per heavy atom. The standard InChI is InChI=1S/C24H31FN4O/c1-26-24(28-22-15-20(22)18-6-4-3-5-7-18)27-19-10-12-29(13-11-19)16-17-8-9-23(30-2)21(25)14-17/h3-9,14,19-20,22H,10-13,15-16H2,1-2H3,(H2,26,27,28). The summed E-state index contributed by atoms with van der Waals surface area (Å²) < 4.78 is 18.9. The minimum atomic E-state index is -0.296. The predicted octanol–water partition coefficient (Wildman–Crippen LogP) is 3.52. The molecule has 2 aromatic carbocycles. The highest BCUT2D eigenvalue weighted by Crippen LogP contribution is 2.40. The average molecular weight is 411 g/mol. The van der Waals surface area contributed by atoms with Crippen LogP contribution >= 0.6 is 0 Å². The van der Waals surface area contributed by atoms with Crippen molar-refractivity contribution in [1.82, 2.24) is 15.5 Å². The van der Waals surface area contributed by atoms with Gasteiger partial charge in [-0.2, -0.15) is 0 Å². The second-order valence-corrected chi connectivity index (χ2v) is 8.24. The zero-order chi connectivity index (χ0) is 20.9. The van der Waals surface area contributed by atoms with Crippen LogP contribution in [0.25, 0.3) is 0 Å². The highest BCUT2D eigenvalue weighted by atomic mass is 19.1.